The fraction of sp³-hybridized carbons (Fsp3) is 0.500. The van der Waals surface area contributed by atoms with Gasteiger partial charge < -0.3 is 20.7 Å². The third-order valence-electron chi connectivity index (χ3n) is 3.18. The minimum Gasteiger partial charge on any atom is -0.497 e. The van der Waals surface area contributed by atoms with Crippen LogP contribution in [0.2, 0.25) is 0 Å². The summed E-state index contributed by atoms with van der Waals surface area (Å²) in [6, 6.07) is 7.68. The minimum atomic E-state index is -0.747. The molecule has 0 saturated carbocycles. The van der Waals surface area contributed by atoms with Crippen LogP contribution in [0.4, 0.5) is 5.69 Å². The van der Waals surface area contributed by atoms with Crippen molar-refractivity contribution in [2.45, 2.75) is 19.4 Å². The fourth-order valence-electron chi connectivity index (χ4n) is 2.01. The van der Waals surface area contributed by atoms with Crippen LogP contribution in [0, 0.1) is 0 Å². The zero-order chi connectivity index (χ0) is 14.5. The molecule has 1 amide bonds. The molecule has 0 radical (unpaired) electrons. The number of amides is 1. The number of primary amides is 1. The summed E-state index contributed by atoms with van der Waals surface area (Å²) < 4.78 is 5.12. The van der Waals surface area contributed by atoms with Gasteiger partial charge in [-0.05, 0) is 37.7 Å². The normalized spacial score (nSPS) is 13.7. The molecule has 5 nitrogen and oxygen atoms in total. The number of hydrogen-bond acceptors (Lipinski definition) is 4. The highest BCUT2D eigenvalue weighted by molar-refractivity contribution is 5.85. The highest BCUT2D eigenvalue weighted by atomic mass is 16.5. The van der Waals surface area contributed by atoms with E-state index in [0.29, 0.717) is 13.1 Å². The van der Waals surface area contributed by atoms with Gasteiger partial charge in [0.1, 0.15) is 11.3 Å². The Morgan fingerprint density at radius 1 is 1.42 bits per heavy atom. The zero-order valence-corrected chi connectivity index (χ0v) is 12.1. The number of likely N-dealkylation sites (N-methyl/N-ethyl adjacent to an activating group) is 2. The standard InChI is InChI=1S/C14H23N3O2/c1-5-16-14(2,13(15)18)10-17(3)11-6-8-12(19-4)9-7-11/h6-9,16H,5,10H2,1-4H3,(H2,15,18). The van der Waals surface area contributed by atoms with E-state index in [1.165, 1.54) is 0 Å². The summed E-state index contributed by atoms with van der Waals surface area (Å²) in [5, 5.41) is 3.14. The second-order valence-electron chi connectivity index (χ2n) is 4.78. The highest BCUT2D eigenvalue weighted by Crippen LogP contribution is 2.19. The molecule has 0 aromatic heterocycles. The van der Waals surface area contributed by atoms with E-state index in [1.807, 2.05) is 50.1 Å². The summed E-state index contributed by atoms with van der Waals surface area (Å²) in [4.78, 5) is 13.6. The van der Waals surface area contributed by atoms with Crippen LogP contribution >= 0.6 is 0 Å². The quantitative estimate of drug-likeness (QED) is 0.771. The van der Waals surface area contributed by atoms with Crippen LogP contribution in [0.5, 0.6) is 5.75 Å². The van der Waals surface area contributed by atoms with E-state index in [2.05, 4.69) is 5.32 Å². The van der Waals surface area contributed by atoms with Gasteiger partial charge in [0.15, 0.2) is 0 Å². The first-order valence-corrected chi connectivity index (χ1v) is 6.33. The summed E-state index contributed by atoms with van der Waals surface area (Å²) >= 11 is 0. The van der Waals surface area contributed by atoms with E-state index in [-0.39, 0.29) is 5.91 Å². The Hall–Kier alpha value is -1.75. The maximum atomic E-state index is 11.6. The molecule has 0 saturated heterocycles. The van der Waals surface area contributed by atoms with Gasteiger partial charge in [0.25, 0.3) is 0 Å². The van der Waals surface area contributed by atoms with Crippen LogP contribution in [-0.2, 0) is 4.79 Å². The van der Waals surface area contributed by atoms with Crippen molar-refractivity contribution < 1.29 is 9.53 Å². The number of benzene rings is 1. The predicted octanol–water partition coefficient (Wildman–Crippen LogP) is 0.985. The molecule has 0 aliphatic rings. The Labute approximate surface area is 114 Å². The number of nitrogens with zero attached hydrogens (tertiary/aromatic N) is 1. The van der Waals surface area contributed by atoms with E-state index >= 15 is 0 Å². The van der Waals surface area contributed by atoms with E-state index in [1.54, 1.807) is 7.11 Å². The van der Waals surface area contributed by atoms with Crippen molar-refractivity contribution >= 4 is 11.6 Å². The molecule has 0 heterocycles. The topological polar surface area (TPSA) is 67.6 Å². The number of carbonyl (C=O) groups is 1. The Bertz CT molecular complexity index is 419. The largest absolute Gasteiger partial charge is 0.497 e. The Morgan fingerprint density at radius 3 is 2.42 bits per heavy atom. The molecule has 1 atom stereocenters. The van der Waals surface area contributed by atoms with Crippen molar-refractivity contribution in [3.8, 4) is 5.75 Å². The molecule has 1 aromatic carbocycles. The monoisotopic (exact) mass is 265 g/mol. The Balaban J connectivity index is 2.81. The first-order chi connectivity index (χ1) is 8.92. The molecule has 1 unspecified atom stereocenters. The third kappa shape index (κ3) is 3.86. The third-order valence-corrected chi connectivity index (χ3v) is 3.18. The first kappa shape index (κ1) is 15.3. The highest BCUT2D eigenvalue weighted by Gasteiger charge is 2.31. The van der Waals surface area contributed by atoms with Gasteiger partial charge in [0.2, 0.25) is 5.91 Å². The van der Waals surface area contributed by atoms with Crippen molar-refractivity contribution in [3.63, 3.8) is 0 Å². The van der Waals surface area contributed by atoms with Crippen molar-refractivity contribution in [2.75, 3.05) is 32.1 Å². The van der Waals surface area contributed by atoms with E-state index < -0.39 is 5.54 Å². The van der Waals surface area contributed by atoms with Gasteiger partial charge in [-0.25, -0.2) is 0 Å². The Kier molecular flexibility index (Phi) is 5.18. The number of ether oxygens (including phenoxy) is 1. The molecule has 3 N–H and O–H groups in total. The van der Waals surface area contributed by atoms with E-state index in [4.69, 9.17) is 10.5 Å². The van der Waals surface area contributed by atoms with Crippen LogP contribution in [0.1, 0.15) is 13.8 Å². The molecule has 0 spiro atoms. The molecule has 0 fully saturated rings. The minimum absolute atomic E-state index is 0.352. The van der Waals surface area contributed by atoms with Gasteiger partial charge in [-0.2, -0.15) is 0 Å². The lowest BCUT2D eigenvalue weighted by molar-refractivity contribution is -0.123. The molecular weight excluding hydrogens is 242 g/mol. The molecule has 1 rings (SSSR count). The number of hydrogen-bond donors (Lipinski definition) is 2. The lowest BCUT2D eigenvalue weighted by Gasteiger charge is -2.33. The number of nitrogens with two attached hydrogens (primary N) is 1. The lowest BCUT2D eigenvalue weighted by Crippen LogP contribution is -2.59. The predicted molar refractivity (Wildman–Crippen MR) is 77.5 cm³/mol. The molecule has 0 aliphatic heterocycles. The fourth-order valence-corrected chi connectivity index (χ4v) is 2.01. The molecule has 1 aromatic rings. The van der Waals surface area contributed by atoms with E-state index in [0.717, 1.165) is 11.4 Å². The maximum absolute atomic E-state index is 11.6. The van der Waals surface area contributed by atoms with Crippen LogP contribution in [0.15, 0.2) is 24.3 Å². The van der Waals surface area contributed by atoms with Crippen molar-refractivity contribution in [1.29, 1.82) is 0 Å². The SMILES string of the molecule is CCNC(C)(CN(C)c1ccc(OC)cc1)C(N)=O. The molecule has 106 valence electrons. The number of anilines is 1. The van der Waals surface area contributed by atoms with Crippen LogP contribution in [0.25, 0.3) is 0 Å². The van der Waals surface area contributed by atoms with Crippen LogP contribution < -0.4 is 20.7 Å². The second-order valence-corrected chi connectivity index (χ2v) is 4.78. The number of methoxy groups -OCH3 is 1. The summed E-state index contributed by atoms with van der Waals surface area (Å²) in [5.41, 5.74) is 5.74. The molecular formula is C14H23N3O2. The van der Waals surface area contributed by atoms with Crippen molar-refractivity contribution in [1.82, 2.24) is 5.32 Å². The number of rotatable bonds is 7. The van der Waals surface area contributed by atoms with Crippen LogP contribution in [-0.4, -0.2) is 38.7 Å². The average molecular weight is 265 g/mol. The van der Waals surface area contributed by atoms with Crippen molar-refractivity contribution in [2.24, 2.45) is 5.73 Å². The average Bonchev–Trinajstić information content (AvgIpc) is 2.38. The summed E-state index contributed by atoms with van der Waals surface area (Å²) in [6.07, 6.45) is 0. The smallest absolute Gasteiger partial charge is 0.239 e. The van der Waals surface area contributed by atoms with Gasteiger partial charge in [-0.1, -0.05) is 6.92 Å². The molecule has 0 bridgehead atoms. The van der Waals surface area contributed by atoms with Crippen molar-refractivity contribution in [3.05, 3.63) is 24.3 Å². The van der Waals surface area contributed by atoms with Gasteiger partial charge in [-0.15, -0.1) is 0 Å². The lowest BCUT2D eigenvalue weighted by atomic mass is 10.0. The summed E-state index contributed by atoms with van der Waals surface area (Å²) in [6.45, 7) is 4.96. The van der Waals surface area contributed by atoms with Gasteiger partial charge in [0.05, 0.1) is 7.11 Å². The maximum Gasteiger partial charge on any atom is 0.239 e. The molecule has 5 heteroatoms. The van der Waals surface area contributed by atoms with Gasteiger partial charge in [-0.3, -0.25) is 4.79 Å². The van der Waals surface area contributed by atoms with Crippen LogP contribution in [0.3, 0.4) is 0 Å². The van der Waals surface area contributed by atoms with Gasteiger partial charge >= 0.3 is 0 Å². The Morgan fingerprint density at radius 2 is 2.00 bits per heavy atom. The molecule has 0 aliphatic carbocycles. The summed E-state index contributed by atoms with van der Waals surface area (Å²) in [7, 11) is 3.56. The first-order valence-electron chi connectivity index (χ1n) is 6.33. The molecule has 19 heavy (non-hydrogen) atoms. The number of carbonyl (C=O) groups excluding carboxylic acids is 1. The zero-order valence-electron chi connectivity index (χ0n) is 12.1. The number of nitrogens with one attached hydrogen (secondary N) is 1. The second kappa shape index (κ2) is 6.43. The van der Waals surface area contributed by atoms with Gasteiger partial charge in [0, 0.05) is 19.3 Å². The van der Waals surface area contributed by atoms with E-state index in [9.17, 15) is 4.79 Å². The summed E-state index contributed by atoms with van der Waals surface area (Å²) in [5.74, 6) is 0.455.